The third-order valence-electron chi connectivity index (χ3n) is 1.43. The van der Waals surface area contributed by atoms with Crippen LogP contribution in [0.1, 0.15) is 5.69 Å². The Labute approximate surface area is 83.7 Å². The molecule has 1 heterocycles. The van der Waals surface area contributed by atoms with E-state index in [-0.39, 0.29) is 6.42 Å². The van der Waals surface area contributed by atoms with Gasteiger partial charge in [0.15, 0.2) is 5.75 Å². The van der Waals surface area contributed by atoms with Gasteiger partial charge in [0, 0.05) is 0 Å². The lowest BCUT2D eigenvalue weighted by Gasteiger charge is -2.03. The largest absolute Gasteiger partial charge is 0.494 e. The number of ether oxygens (including phenoxy) is 1. The molecule has 0 amide bonds. The first-order valence-electron chi connectivity index (χ1n) is 3.53. The molecule has 0 saturated carbocycles. The van der Waals surface area contributed by atoms with E-state index in [4.69, 9.17) is 9.84 Å². The van der Waals surface area contributed by atoms with Gasteiger partial charge in [-0.1, -0.05) is 0 Å². The Bertz CT molecular complexity index is 327. The molecule has 0 aliphatic rings. The molecular formula is C8H8BrNO3. The van der Waals surface area contributed by atoms with Crippen LogP contribution >= 0.6 is 15.9 Å². The van der Waals surface area contributed by atoms with E-state index < -0.39 is 5.97 Å². The zero-order valence-electron chi connectivity index (χ0n) is 6.95. The molecule has 1 aromatic heterocycles. The molecule has 5 heteroatoms. The van der Waals surface area contributed by atoms with Crippen LogP contribution in [0.5, 0.6) is 5.75 Å². The standard InChI is InChI=1S/C8H8BrNO3/c1-13-7-4-10-5(2-6(7)9)3-8(11)12/h2,4H,3H2,1H3,(H,11,12). The van der Waals surface area contributed by atoms with E-state index in [0.29, 0.717) is 15.9 Å². The molecule has 0 saturated heterocycles. The van der Waals surface area contributed by atoms with E-state index >= 15 is 0 Å². The normalized spacial score (nSPS) is 9.69. The van der Waals surface area contributed by atoms with Gasteiger partial charge in [0.1, 0.15) is 0 Å². The van der Waals surface area contributed by atoms with Gasteiger partial charge in [-0.15, -0.1) is 0 Å². The van der Waals surface area contributed by atoms with Crippen molar-refractivity contribution in [2.45, 2.75) is 6.42 Å². The Hall–Kier alpha value is -1.10. The molecule has 0 aliphatic heterocycles. The number of pyridine rings is 1. The van der Waals surface area contributed by atoms with E-state index in [0.717, 1.165) is 0 Å². The topological polar surface area (TPSA) is 59.4 Å². The summed E-state index contributed by atoms with van der Waals surface area (Å²) in [7, 11) is 1.53. The average Bonchev–Trinajstić information content (AvgIpc) is 2.03. The molecule has 0 atom stereocenters. The monoisotopic (exact) mass is 245 g/mol. The second-order valence-electron chi connectivity index (χ2n) is 2.38. The zero-order valence-corrected chi connectivity index (χ0v) is 8.54. The quantitative estimate of drug-likeness (QED) is 0.877. The fourth-order valence-electron chi connectivity index (χ4n) is 0.860. The smallest absolute Gasteiger partial charge is 0.309 e. The highest BCUT2D eigenvalue weighted by molar-refractivity contribution is 9.10. The maximum atomic E-state index is 10.3. The third-order valence-corrected chi connectivity index (χ3v) is 2.05. The summed E-state index contributed by atoms with van der Waals surface area (Å²) >= 11 is 3.24. The van der Waals surface area contributed by atoms with Crippen molar-refractivity contribution in [3.8, 4) is 5.75 Å². The van der Waals surface area contributed by atoms with Crippen LogP contribution in [-0.2, 0) is 11.2 Å². The number of nitrogens with zero attached hydrogens (tertiary/aromatic N) is 1. The predicted octanol–water partition coefficient (Wildman–Crippen LogP) is 1.48. The molecule has 4 nitrogen and oxygen atoms in total. The zero-order chi connectivity index (χ0) is 9.84. The molecule has 0 unspecified atom stereocenters. The Balaban J connectivity index is 2.89. The summed E-state index contributed by atoms with van der Waals surface area (Å²) in [6.45, 7) is 0. The first-order chi connectivity index (χ1) is 6.13. The van der Waals surface area contributed by atoms with Crippen molar-refractivity contribution in [2.75, 3.05) is 7.11 Å². The van der Waals surface area contributed by atoms with Crippen molar-refractivity contribution in [2.24, 2.45) is 0 Å². The second-order valence-corrected chi connectivity index (χ2v) is 3.24. The fourth-order valence-corrected chi connectivity index (χ4v) is 1.39. The van der Waals surface area contributed by atoms with Gasteiger partial charge in [0.2, 0.25) is 0 Å². The summed E-state index contributed by atoms with van der Waals surface area (Å²) in [4.78, 5) is 14.3. The average molecular weight is 246 g/mol. The van der Waals surface area contributed by atoms with Crippen molar-refractivity contribution in [3.63, 3.8) is 0 Å². The maximum absolute atomic E-state index is 10.3. The molecule has 0 fully saturated rings. The first kappa shape index (κ1) is 9.98. The minimum absolute atomic E-state index is 0.0808. The highest BCUT2D eigenvalue weighted by Gasteiger charge is 2.05. The van der Waals surface area contributed by atoms with Gasteiger partial charge in [-0.2, -0.15) is 0 Å². The van der Waals surface area contributed by atoms with Crippen LogP contribution in [0.4, 0.5) is 0 Å². The van der Waals surface area contributed by atoms with Crippen LogP contribution < -0.4 is 4.74 Å². The minimum Gasteiger partial charge on any atom is -0.494 e. The lowest BCUT2D eigenvalue weighted by molar-refractivity contribution is -0.136. The summed E-state index contributed by atoms with van der Waals surface area (Å²) < 4.78 is 5.66. The van der Waals surface area contributed by atoms with E-state index in [1.54, 1.807) is 6.07 Å². The maximum Gasteiger partial charge on any atom is 0.309 e. The second kappa shape index (κ2) is 4.23. The van der Waals surface area contributed by atoms with Gasteiger partial charge in [0.25, 0.3) is 0 Å². The van der Waals surface area contributed by atoms with Crippen LogP contribution in [0.25, 0.3) is 0 Å². The third kappa shape index (κ3) is 2.69. The van der Waals surface area contributed by atoms with Crippen molar-refractivity contribution in [3.05, 3.63) is 22.4 Å². The first-order valence-corrected chi connectivity index (χ1v) is 4.33. The van der Waals surface area contributed by atoms with E-state index in [2.05, 4.69) is 20.9 Å². The summed E-state index contributed by atoms with van der Waals surface area (Å²) in [5.74, 6) is -0.307. The molecule has 1 rings (SSSR count). The lowest BCUT2D eigenvalue weighted by Crippen LogP contribution is -2.02. The molecule has 0 radical (unpaired) electrons. The molecule has 13 heavy (non-hydrogen) atoms. The number of carboxylic acid groups (broad SMARTS) is 1. The van der Waals surface area contributed by atoms with Crippen molar-refractivity contribution in [1.29, 1.82) is 0 Å². The number of halogens is 1. The molecule has 1 N–H and O–H groups in total. The predicted molar refractivity (Wildman–Crippen MR) is 49.8 cm³/mol. The minimum atomic E-state index is -0.899. The SMILES string of the molecule is COc1cnc(CC(=O)O)cc1Br. The summed E-state index contributed by atoms with van der Waals surface area (Å²) in [6.07, 6.45) is 1.41. The van der Waals surface area contributed by atoms with E-state index in [9.17, 15) is 4.79 Å². The van der Waals surface area contributed by atoms with Crippen LogP contribution in [-0.4, -0.2) is 23.2 Å². The molecule has 1 aromatic rings. The molecule has 70 valence electrons. The van der Waals surface area contributed by atoms with Crippen LogP contribution in [0.15, 0.2) is 16.7 Å². The van der Waals surface area contributed by atoms with E-state index in [1.165, 1.54) is 13.3 Å². The number of rotatable bonds is 3. The number of hydrogen-bond acceptors (Lipinski definition) is 3. The van der Waals surface area contributed by atoms with Crippen molar-refractivity contribution >= 4 is 21.9 Å². The Kier molecular flexibility index (Phi) is 3.25. The van der Waals surface area contributed by atoms with Crippen LogP contribution in [0.2, 0.25) is 0 Å². The molecular weight excluding hydrogens is 238 g/mol. The van der Waals surface area contributed by atoms with Gasteiger partial charge >= 0.3 is 5.97 Å². The summed E-state index contributed by atoms with van der Waals surface area (Å²) in [5, 5.41) is 8.50. The van der Waals surface area contributed by atoms with Gasteiger partial charge in [-0.3, -0.25) is 9.78 Å². The Morgan fingerprint density at radius 3 is 2.92 bits per heavy atom. The number of carbonyl (C=O) groups is 1. The number of methoxy groups -OCH3 is 1. The lowest BCUT2D eigenvalue weighted by atomic mass is 10.3. The Morgan fingerprint density at radius 1 is 1.77 bits per heavy atom. The van der Waals surface area contributed by atoms with Gasteiger partial charge in [0.05, 0.1) is 29.9 Å². The molecule has 0 aliphatic carbocycles. The highest BCUT2D eigenvalue weighted by atomic mass is 79.9. The number of hydrogen-bond donors (Lipinski definition) is 1. The molecule has 0 spiro atoms. The number of aromatic nitrogens is 1. The van der Waals surface area contributed by atoms with Crippen molar-refractivity contribution < 1.29 is 14.6 Å². The highest BCUT2D eigenvalue weighted by Crippen LogP contribution is 2.23. The van der Waals surface area contributed by atoms with Crippen molar-refractivity contribution in [1.82, 2.24) is 4.98 Å². The van der Waals surface area contributed by atoms with Gasteiger partial charge < -0.3 is 9.84 Å². The fraction of sp³-hybridized carbons (Fsp3) is 0.250. The Morgan fingerprint density at radius 2 is 2.46 bits per heavy atom. The van der Waals surface area contributed by atoms with Crippen LogP contribution in [0.3, 0.4) is 0 Å². The van der Waals surface area contributed by atoms with Crippen LogP contribution in [0, 0.1) is 0 Å². The molecule has 0 aromatic carbocycles. The van der Waals surface area contributed by atoms with Gasteiger partial charge in [-0.25, -0.2) is 0 Å². The summed E-state index contributed by atoms with van der Waals surface area (Å²) in [5.41, 5.74) is 0.500. The number of carboxylic acids is 1. The summed E-state index contributed by atoms with van der Waals surface area (Å²) in [6, 6.07) is 1.63. The number of aliphatic carboxylic acids is 1. The molecule has 0 bridgehead atoms. The van der Waals surface area contributed by atoms with E-state index in [1.807, 2.05) is 0 Å². The van der Waals surface area contributed by atoms with Gasteiger partial charge in [-0.05, 0) is 22.0 Å².